The number of fused-ring (bicyclic) bond motifs is 1. The smallest absolute Gasteiger partial charge is 0.287 e. The molecule has 1 saturated heterocycles. The number of amides is 1. The van der Waals surface area contributed by atoms with Crippen molar-refractivity contribution in [2.75, 3.05) is 49.1 Å². The zero-order valence-corrected chi connectivity index (χ0v) is 17.8. The van der Waals surface area contributed by atoms with Gasteiger partial charge in [0, 0.05) is 38.4 Å². The van der Waals surface area contributed by atoms with Crippen LogP contribution in [0.25, 0.3) is 0 Å². The first-order valence-corrected chi connectivity index (χ1v) is 10.7. The van der Waals surface area contributed by atoms with Gasteiger partial charge in [-0.3, -0.25) is 14.5 Å². The van der Waals surface area contributed by atoms with Gasteiger partial charge in [0.2, 0.25) is 5.91 Å². The summed E-state index contributed by atoms with van der Waals surface area (Å²) >= 11 is 6.15. The minimum Gasteiger partial charge on any atom is -0.366 e. The van der Waals surface area contributed by atoms with E-state index >= 15 is 0 Å². The van der Waals surface area contributed by atoms with Crippen molar-refractivity contribution >= 4 is 28.9 Å². The van der Waals surface area contributed by atoms with E-state index in [1.54, 1.807) is 0 Å². The van der Waals surface area contributed by atoms with E-state index in [1.165, 1.54) is 11.8 Å². The summed E-state index contributed by atoms with van der Waals surface area (Å²) in [6.45, 7) is 2.63. The molecule has 0 unspecified atom stereocenters. The molecule has 10 heteroatoms. The monoisotopic (exact) mass is 451 g/mol. The Kier molecular flexibility index (Phi) is 6.52. The fraction of sp³-hybridized carbons (Fsp3) is 0.476. The van der Waals surface area contributed by atoms with Crippen LogP contribution in [0.1, 0.15) is 12.0 Å². The fourth-order valence-corrected chi connectivity index (χ4v) is 4.42. The number of nitrogens with zero attached hydrogens (tertiary/aromatic N) is 5. The molecule has 0 atom stereocenters. The molecule has 1 amide bonds. The van der Waals surface area contributed by atoms with E-state index < -0.39 is 18.5 Å². The Balaban J connectivity index is 1.37. The number of hydrogen-bond acceptors (Lipinski definition) is 5. The van der Waals surface area contributed by atoms with Gasteiger partial charge in [-0.15, -0.1) is 0 Å². The number of alkyl halides is 2. The molecule has 2 aromatic rings. The highest BCUT2D eigenvalue weighted by atomic mass is 35.5. The molecule has 0 bridgehead atoms. The SMILES string of the molecule is O=C(CN1CCN(c2cnn(CC(F)F)c(=O)c2Cl)CC1)N1CCCc2ccccc21. The predicted molar refractivity (Wildman–Crippen MR) is 115 cm³/mol. The summed E-state index contributed by atoms with van der Waals surface area (Å²) in [5.41, 5.74) is 1.92. The number of aromatic nitrogens is 2. The molecule has 3 heterocycles. The number of halogens is 3. The lowest BCUT2D eigenvalue weighted by molar-refractivity contribution is -0.119. The van der Waals surface area contributed by atoms with Crippen LogP contribution < -0.4 is 15.4 Å². The number of rotatable bonds is 5. The average Bonchev–Trinajstić information content (AvgIpc) is 2.77. The number of carbonyl (C=O) groups is 1. The molecule has 0 aliphatic carbocycles. The van der Waals surface area contributed by atoms with E-state index in [4.69, 9.17) is 11.6 Å². The highest BCUT2D eigenvalue weighted by Gasteiger charge is 2.27. The molecule has 31 heavy (non-hydrogen) atoms. The van der Waals surface area contributed by atoms with Gasteiger partial charge in [0.15, 0.2) is 0 Å². The molecule has 0 N–H and O–H groups in total. The number of aryl methyl sites for hydroxylation is 1. The first-order chi connectivity index (χ1) is 14.9. The van der Waals surface area contributed by atoms with Gasteiger partial charge in [-0.1, -0.05) is 29.8 Å². The van der Waals surface area contributed by atoms with Crippen LogP contribution in [0.15, 0.2) is 35.3 Å². The lowest BCUT2D eigenvalue weighted by Crippen LogP contribution is -2.51. The fourth-order valence-electron chi connectivity index (χ4n) is 4.15. The first kappa shape index (κ1) is 21.7. The number of carbonyl (C=O) groups excluding carboxylic acids is 1. The number of hydrogen-bond donors (Lipinski definition) is 0. The van der Waals surface area contributed by atoms with Crippen LogP contribution in [-0.2, 0) is 17.8 Å². The van der Waals surface area contributed by atoms with Gasteiger partial charge in [0.05, 0.1) is 18.4 Å². The lowest BCUT2D eigenvalue weighted by Gasteiger charge is -2.37. The van der Waals surface area contributed by atoms with Crippen LogP contribution in [0.2, 0.25) is 5.02 Å². The van der Waals surface area contributed by atoms with Gasteiger partial charge in [-0.05, 0) is 24.5 Å². The Labute approximate surface area is 183 Å². The summed E-state index contributed by atoms with van der Waals surface area (Å²) in [7, 11) is 0. The maximum absolute atomic E-state index is 12.9. The van der Waals surface area contributed by atoms with E-state index in [0.29, 0.717) is 43.1 Å². The molecule has 0 saturated carbocycles. The third-order valence-electron chi connectivity index (χ3n) is 5.76. The van der Waals surface area contributed by atoms with Crippen molar-refractivity contribution in [2.45, 2.75) is 25.8 Å². The highest BCUT2D eigenvalue weighted by molar-refractivity contribution is 6.33. The molecule has 1 aromatic heterocycles. The lowest BCUT2D eigenvalue weighted by atomic mass is 10.0. The molecular weight excluding hydrogens is 428 g/mol. The van der Waals surface area contributed by atoms with Crippen LogP contribution in [0.4, 0.5) is 20.2 Å². The van der Waals surface area contributed by atoms with Crippen molar-refractivity contribution in [3.63, 3.8) is 0 Å². The van der Waals surface area contributed by atoms with Gasteiger partial charge in [0.25, 0.3) is 12.0 Å². The summed E-state index contributed by atoms with van der Waals surface area (Å²) in [5.74, 6) is 0.0786. The number of benzene rings is 1. The van der Waals surface area contributed by atoms with Gasteiger partial charge in [0.1, 0.15) is 11.6 Å². The molecule has 2 aliphatic heterocycles. The zero-order chi connectivity index (χ0) is 22.0. The molecule has 1 aromatic carbocycles. The largest absolute Gasteiger partial charge is 0.366 e. The van der Waals surface area contributed by atoms with Gasteiger partial charge in [-0.25, -0.2) is 13.5 Å². The van der Waals surface area contributed by atoms with Crippen molar-refractivity contribution < 1.29 is 13.6 Å². The Morgan fingerprint density at radius 2 is 1.84 bits per heavy atom. The molecular formula is C21H24ClF2N5O2. The standard InChI is InChI=1S/C21H24ClF2N5O2/c22-20-17(12-25-29(21(20)31)13-18(23)24)27-10-8-26(9-11-27)14-19(30)28-7-3-5-15-4-1-2-6-16(15)28/h1-2,4,6,12,18H,3,5,7-11,13-14H2. The maximum atomic E-state index is 12.9. The predicted octanol–water partition coefficient (Wildman–Crippen LogP) is 2.26. The highest BCUT2D eigenvalue weighted by Crippen LogP contribution is 2.27. The van der Waals surface area contributed by atoms with Crippen molar-refractivity contribution in [2.24, 2.45) is 0 Å². The normalized spacial score (nSPS) is 17.2. The average molecular weight is 452 g/mol. The molecule has 0 radical (unpaired) electrons. The molecule has 1 fully saturated rings. The van der Waals surface area contributed by atoms with Crippen LogP contribution >= 0.6 is 11.6 Å². The summed E-state index contributed by atoms with van der Waals surface area (Å²) in [6, 6.07) is 8.02. The topological polar surface area (TPSA) is 61.7 Å². The van der Waals surface area contributed by atoms with Crippen molar-refractivity contribution in [1.29, 1.82) is 0 Å². The number of anilines is 2. The van der Waals surface area contributed by atoms with E-state index in [2.05, 4.69) is 16.1 Å². The van der Waals surface area contributed by atoms with E-state index in [9.17, 15) is 18.4 Å². The zero-order valence-electron chi connectivity index (χ0n) is 17.0. The molecule has 0 spiro atoms. The third kappa shape index (κ3) is 4.72. The number of piperazine rings is 1. The van der Waals surface area contributed by atoms with Crippen LogP contribution in [-0.4, -0.2) is 66.3 Å². The van der Waals surface area contributed by atoms with E-state index in [1.807, 2.05) is 28.0 Å². The van der Waals surface area contributed by atoms with Crippen LogP contribution in [0.5, 0.6) is 0 Å². The minimum absolute atomic E-state index is 0.0786. The second-order valence-corrected chi connectivity index (χ2v) is 8.14. The molecule has 2 aliphatic rings. The van der Waals surface area contributed by atoms with E-state index in [-0.39, 0.29) is 10.9 Å². The molecule has 166 valence electrons. The Bertz CT molecular complexity index is 1010. The summed E-state index contributed by atoms with van der Waals surface area (Å²) in [6.07, 6.45) is 0.625. The Hall–Kier alpha value is -2.52. The van der Waals surface area contributed by atoms with Crippen molar-refractivity contribution in [3.8, 4) is 0 Å². The second-order valence-electron chi connectivity index (χ2n) is 7.76. The Morgan fingerprint density at radius 3 is 2.58 bits per heavy atom. The van der Waals surface area contributed by atoms with Crippen molar-refractivity contribution in [1.82, 2.24) is 14.7 Å². The van der Waals surface area contributed by atoms with Gasteiger partial charge >= 0.3 is 0 Å². The van der Waals surface area contributed by atoms with Gasteiger partial charge in [-0.2, -0.15) is 5.10 Å². The quantitative estimate of drug-likeness (QED) is 0.698. The summed E-state index contributed by atoms with van der Waals surface area (Å²) < 4.78 is 25.8. The minimum atomic E-state index is -2.68. The summed E-state index contributed by atoms with van der Waals surface area (Å²) in [4.78, 5) is 31.0. The van der Waals surface area contributed by atoms with Crippen LogP contribution in [0, 0.1) is 0 Å². The maximum Gasteiger partial charge on any atom is 0.287 e. The van der Waals surface area contributed by atoms with Crippen LogP contribution in [0.3, 0.4) is 0 Å². The third-order valence-corrected chi connectivity index (χ3v) is 6.12. The van der Waals surface area contributed by atoms with Crippen molar-refractivity contribution in [3.05, 3.63) is 51.4 Å². The van der Waals surface area contributed by atoms with Gasteiger partial charge < -0.3 is 9.80 Å². The number of para-hydroxylation sites is 1. The molecule has 7 nitrogen and oxygen atoms in total. The Morgan fingerprint density at radius 1 is 1.10 bits per heavy atom. The van der Waals surface area contributed by atoms with E-state index in [0.717, 1.165) is 25.1 Å². The summed E-state index contributed by atoms with van der Waals surface area (Å²) in [5, 5.41) is 3.72. The second kappa shape index (κ2) is 9.32. The molecule has 4 rings (SSSR count). The first-order valence-electron chi connectivity index (χ1n) is 10.3.